The van der Waals surface area contributed by atoms with E-state index >= 15 is 0 Å². The summed E-state index contributed by atoms with van der Waals surface area (Å²) in [4.78, 5) is 3.80. The molecular weight excluding hydrogens is 252 g/mol. The summed E-state index contributed by atoms with van der Waals surface area (Å²) in [6, 6.07) is 5.13. The van der Waals surface area contributed by atoms with Crippen LogP contribution in [0.1, 0.15) is 0 Å². The van der Waals surface area contributed by atoms with Crippen molar-refractivity contribution >= 4 is 35.0 Å². The maximum Gasteiger partial charge on any atom is 0.242 e. The zero-order valence-corrected chi connectivity index (χ0v) is 9.50. The molecule has 0 spiro atoms. The van der Waals surface area contributed by atoms with Crippen LogP contribution in [0.15, 0.2) is 18.2 Å². The summed E-state index contributed by atoms with van der Waals surface area (Å²) < 4.78 is 0. The number of hydrogen-bond donors (Lipinski definition) is 2. The molecule has 0 unspecified atom stereocenters. The van der Waals surface area contributed by atoms with Gasteiger partial charge >= 0.3 is 0 Å². The second-order valence-electron chi connectivity index (χ2n) is 3.01. The van der Waals surface area contributed by atoms with Crippen molar-refractivity contribution in [2.45, 2.75) is 0 Å². The minimum absolute atomic E-state index is 0.0133. The number of anilines is 2. The Labute approximate surface area is 101 Å². The van der Waals surface area contributed by atoms with E-state index < -0.39 is 0 Å². The van der Waals surface area contributed by atoms with Crippen molar-refractivity contribution < 1.29 is 0 Å². The van der Waals surface area contributed by atoms with Crippen molar-refractivity contribution in [1.29, 1.82) is 0 Å². The van der Waals surface area contributed by atoms with Gasteiger partial charge in [-0.15, -0.1) is 10.2 Å². The van der Waals surface area contributed by atoms with Crippen LogP contribution in [0.5, 0.6) is 0 Å². The number of aromatic nitrogens is 3. The molecular formula is C9H7Cl2N5. The maximum atomic E-state index is 6.03. The largest absolute Gasteiger partial charge is 0.382 e. The van der Waals surface area contributed by atoms with E-state index in [1.807, 2.05) is 0 Å². The molecule has 16 heavy (non-hydrogen) atoms. The Morgan fingerprint density at radius 3 is 2.50 bits per heavy atom. The first-order valence-electron chi connectivity index (χ1n) is 4.29. The highest BCUT2D eigenvalue weighted by atomic mass is 35.5. The molecule has 0 aliphatic carbocycles. The average molecular weight is 259 g/mol. The van der Waals surface area contributed by atoms with Crippen LogP contribution in [0.2, 0.25) is 10.0 Å². The Kier molecular flexibility index (Phi) is 2.80. The third kappa shape index (κ3) is 1.87. The van der Waals surface area contributed by atoms with Gasteiger partial charge in [0, 0.05) is 5.56 Å². The number of benzene rings is 1. The summed E-state index contributed by atoms with van der Waals surface area (Å²) in [7, 11) is 0. The summed E-state index contributed by atoms with van der Waals surface area (Å²) in [6.45, 7) is 0. The van der Waals surface area contributed by atoms with E-state index in [2.05, 4.69) is 15.2 Å². The molecule has 1 aromatic carbocycles. The summed E-state index contributed by atoms with van der Waals surface area (Å²) >= 11 is 11.9. The topological polar surface area (TPSA) is 90.7 Å². The van der Waals surface area contributed by atoms with E-state index in [4.69, 9.17) is 34.7 Å². The second-order valence-corrected chi connectivity index (χ2v) is 3.79. The van der Waals surface area contributed by atoms with Crippen molar-refractivity contribution in [3.8, 4) is 11.3 Å². The minimum Gasteiger partial charge on any atom is -0.382 e. The van der Waals surface area contributed by atoms with Gasteiger partial charge in [-0.25, -0.2) is 0 Å². The van der Waals surface area contributed by atoms with Gasteiger partial charge in [0.1, 0.15) is 5.69 Å². The molecule has 0 atom stereocenters. The Hall–Kier alpha value is -1.59. The highest BCUT2D eigenvalue weighted by Gasteiger charge is 2.12. The van der Waals surface area contributed by atoms with Crippen molar-refractivity contribution in [1.82, 2.24) is 15.2 Å². The van der Waals surface area contributed by atoms with Gasteiger partial charge in [0.25, 0.3) is 0 Å². The molecule has 0 aliphatic rings. The van der Waals surface area contributed by atoms with Gasteiger partial charge in [-0.1, -0.05) is 35.3 Å². The van der Waals surface area contributed by atoms with Crippen molar-refractivity contribution in [2.24, 2.45) is 0 Å². The SMILES string of the molecule is N[13c]1nn[13c](-c2cccc(Cl)c2Cl)[13c](N)n1. The second kappa shape index (κ2) is 4.11. The molecule has 0 radical (unpaired) electrons. The smallest absolute Gasteiger partial charge is 0.242 e. The predicted molar refractivity (Wildman–Crippen MR) is 64.1 cm³/mol. The van der Waals surface area contributed by atoms with Gasteiger partial charge in [0.2, 0.25) is 5.95 Å². The number of nitrogens with two attached hydrogens (primary N) is 2. The van der Waals surface area contributed by atoms with E-state index in [9.17, 15) is 0 Å². The Morgan fingerprint density at radius 2 is 1.81 bits per heavy atom. The van der Waals surface area contributed by atoms with Gasteiger partial charge < -0.3 is 11.5 Å². The van der Waals surface area contributed by atoms with Gasteiger partial charge in [0.05, 0.1) is 10.0 Å². The molecule has 0 aliphatic heterocycles. The molecule has 0 bridgehead atoms. The van der Waals surface area contributed by atoms with Crippen LogP contribution in [0.4, 0.5) is 11.8 Å². The van der Waals surface area contributed by atoms with Crippen LogP contribution in [0, 0.1) is 0 Å². The first-order chi connectivity index (χ1) is 7.59. The van der Waals surface area contributed by atoms with Crippen LogP contribution in [0.3, 0.4) is 0 Å². The first-order valence-corrected chi connectivity index (χ1v) is 5.05. The predicted octanol–water partition coefficient (Wildman–Crippen LogP) is 2.01. The lowest BCUT2D eigenvalue weighted by atomic mass is 10.3. The van der Waals surface area contributed by atoms with Crippen molar-refractivity contribution in [2.75, 3.05) is 11.5 Å². The number of halogens is 2. The van der Waals surface area contributed by atoms with Crippen molar-refractivity contribution in [3.63, 3.8) is 0 Å². The Bertz CT molecular complexity index is 543. The van der Waals surface area contributed by atoms with Crippen LogP contribution in [-0.2, 0) is 0 Å². The summed E-state index contributed by atoms with van der Waals surface area (Å²) in [5.74, 6) is 0.177. The quantitative estimate of drug-likeness (QED) is 0.817. The van der Waals surface area contributed by atoms with Crippen LogP contribution in [0.25, 0.3) is 11.3 Å². The molecule has 7 heteroatoms. The summed E-state index contributed by atoms with van der Waals surface area (Å²) in [6.07, 6.45) is 0. The number of nitrogen functional groups attached to an aromatic ring is 2. The fourth-order valence-corrected chi connectivity index (χ4v) is 1.62. The lowest BCUT2D eigenvalue weighted by molar-refractivity contribution is 1.000. The van der Waals surface area contributed by atoms with Gasteiger partial charge in [-0.2, -0.15) is 4.98 Å². The lowest BCUT2D eigenvalue weighted by Crippen LogP contribution is -2.04. The number of rotatable bonds is 1. The third-order valence-corrected chi connectivity index (χ3v) is 2.76. The van der Waals surface area contributed by atoms with Crippen LogP contribution < -0.4 is 11.5 Å². The molecule has 1 heterocycles. The summed E-state index contributed by atoms with van der Waals surface area (Å²) in [5, 5.41) is 8.24. The fourth-order valence-electron chi connectivity index (χ4n) is 1.23. The van der Waals surface area contributed by atoms with E-state index in [1.165, 1.54) is 0 Å². The molecule has 2 aromatic rings. The third-order valence-electron chi connectivity index (χ3n) is 1.94. The van der Waals surface area contributed by atoms with Gasteiger partial charge in [0.15, 0.2) is 5.82 Å². The normalized spacial score (nSPS) is 10.4. The molecule has 4 N–H and O–H groups in total. The zero-order valence-electron chi connectivity index (χ0n) is 7.98. The molecule has 0 saturated carbocycles. The van der Waals surface area contributed by atoms with Gasteiger partial charge in [-0.05, 0) is 6.07 Å². The molecule has 2 rings (SSSR count). The standard InChI is InChI=1S/C9H7Cl2N5/c10-5-3-1-2-4(6(5)11)7-8(12)14-9(13)16-15-7/h1-3H,(H4,12,13,14,16)/i7+1,8+1,9+1. The van der Waals surface area contributed by atoms with Crippen molar-refractivity contribution in [3.05, 3.63) is 28.2 Å². The lowest BCUT2D eigenvalue weighted by Gasteiger charge is -2.06. The highest BCUT2D eigenvalue weighted by Crippen LogP contribution is 2.33. The monoisotopic (exact) mass is 258 g/mol. The van der Waals surface area contributed by atoms with E-state index in [0.717, 1.165) is 0 Å². The minimum atomic E-state index is 0.0133. The van der Waals surface area contributed by atoms with Crippen LogP contribution in [-0.4, -0.2) is 15.2 Å². The van der Waals surface area contributed by atoms with Crippen LogP contribution >= 0.6 is 23.2 Å². The molecule has 5 nitrogen and oxygen atoms in total. The molecule has 1 aromatic heterocycles. The first kappa shape index (κ1) is 10.9. The maximum absolute atomic E-state index is 6.03. The van der Waals surface area contributed by atoms with E-state index in [-0.39, 0.29) is 11.8 Å². The highest BCUT2D eigenvalue weighted by molar-refractivity contribution is 6.43. The Morgan fingerprint density at radius 1 is 1.06 bits per heavy atom. The average Bonchev–Trinajstić information content (AvgIpc) is 2.23. The number of hydrogen-bond acceptors (Lipinski definition) is 5. The fraction of sp³-hybridized carbons (Fsp3) is 0. The van der Waals surface area contributed by atoms with E-state index in [0.29, 0.717) is 21.3 Å². The molecule has 0 saturated heterocycles. The zero-order chi connectivity index (χ0) is 11.7. The number of nitrogens with zero attached hydrogens (tertiary/aromatic N) is 3. The van der Waals surface area contributed by atoms with E-state index in [1.54, 1.807) is 18.2 Å². The summed E-state index contributed by atoms with van der Waals surface area (Å²) in [5.41, 5.74) is 12.0. The Balaban J connectivity index is 2.63. The molecule has 0 amide bonds. The molecule has 82 valence electrons. The molecule has 0 fully saturated rings. The van der Waals surface area contributed by atoms with Gasteiger partial charge in [-0.3, -0.25) is 0 Å².